The van der Waals surface area contributed by atoms with Crippen LogP contribution in [-0.4, -0.2) is 48.2 Å². The van der Waals surface area contributed by atoms with Crippen molar-refractivity contribution in [2.24, 2.45) is 0 Å². The van der Waals surface area contributed by atoms with Crippen LogP contribution in [0.5, 0.6) is 0 Å². The minimum absolute atomic E-state index is 0.0321. The number of nitrogens with zero attached hydrogens (tertiary/aromatic N) is 1. The van der Waals surface area contributed by atoms with E-state index in [0.29, 0.717) is 6.04 Å². The Morgan fingerprint density at radius 2 is 2.20 bits per heavy atom. The van der Waals surface area contributed by atoms with E-state index in [0.717, 1.165) is 25.7 Å². The van der Waals surface area contributed by atoms with Gasteiger partial charge in [0.25, 0.3) is 0 Å². The fourth-order valence-corrected chi connectivity index (χ4v) is 3.25. The Hall–Kier alpha value is -0.125. The minimum Gasteiger partial charge on any atom is -0.437 e. The van der Waals surface area contributed by atoms with Crippen molar-refractivity contribution in [1.29, 1.82) is 0 Å². The molecule has 15 heavy (non-hydrogen) atoms. The lowest BCUT2D eigenvalue weighted by Gasteiger charge is -2.51. The first-order chi connectivity index (χ1) is 7.15. The van der Waals surface area contributed by atoms with Crippen LogP contribution in [0.1, 0.15) is 25.7 Å². The molecule has 5 heteroatoms. The van der Waals surface area contributed by atoms with Crippen LogP contribution >= 0.6 is 0 Å². The van der Waals surface area contributed by atoms with E-state index in [1.54, 1.807) is 6.82 Å². The van der Waals surface area contributed by atoms with E-state index < -0.39 is 13.2 Å². The molecular formula is C10H20BFN2O. The lowest BCUT2D eigenvalue weighted by atomic mass is 9.70. The fourth-order valence-electron chi connectivity index (χ4n) is 3.25. The number of piperidine rings is 2. The number of nitrogens with one attached hydrogen (secondary N) is 1. The molecule has 2 rings (SSSR count). The maximum Gasteiger partial charge on any atom is 0.376 e. The smallest absolute Gasteiger partial charge is 0.376 e. The molecule has 2 heterocycles. The van der Waals surface area contributed by atoms with Gasteiger partial charge < -0.3 is 15.2 Å². The van der Waals surface area contributed by atoms with E-state index in [-0.39, 0.29) is 12.1 Å². The molecule has 0 saturated carbocycles. The second-order valence-corrected chi connectivity index (χ2v) is 4.81. The van der Waals surface area contributed by atoms with Crippen molar-refractivity contribution in [1.82, 2.24) is 10.1 Å². The zero-order valence-corrected chi connectivity index (χ0v) is 9.49. The summed E-state index contributed by atoms with van der Waals surface area (Å²) in [5.41, 5.74) is 0. The Morgan fingerprint density at radius 1 is 1.47 bits per heavy atom. The van der Waals surface area contributed by atoms with Gasteiger partial charge in [-0.2, -0.15) is 0 Å². The summed E-state index contributed by atoms with van der Waals surface area (Å²) in [6.07, 6.45) is 3.03. The van der Waals surface area contributed by atoms with Gasteiger partial charge in [-0.05, 0) is 33.1 Å². The first-order valence-corrected chi connectivity index (χ1v) is 5.92. The maximum atomic E-state index is 14.1. The van der Waals surface area contributed by atoms with Gasteiger partial charge in [0.2, 0.25) is 0 Å². The van der Waals surface area contributed by atoms with Gasteiger partial charge in [-0.1, -0.05) is 6.42 Å². The molecule has 0 aliphatic carbocycles. The molecule has 2 fully saturated rings. The van der Waals surface area contributed by atoms with Crippen LogP contribution < -0.4 is 5.32 Å². The zero-order chi connectivity index (χ0) is 11.0. The van der Waals surface area contributed by atoms with E-state index in [4.69, 9.17) is 0 Å². The van der Waals surface area contributed by atoms with Crippen LogP contribution in [-0.2, 0) is 0 Å². The largest absolute Gasteiger partial charge is 0.437 e. The summed E-state index contributed by atoms with van der Waals surface area (Å²) in [5.74, 6) is 0. The van der Waals surface area contributed by atoms with Gasteiger partial charge in [0.05, 0.1) is 0 Å². The molecule has 2 N–H and O–H groups in total. The SMILES string of the molecule is CN[C@H]1C[C@@H]2CCCC([C@H]1F)N2B(C)O. The Balaban J connectivity index is 2.16. The molecule has 1 unspecified atom stereocenters. The van der Waals surface area contributed by atoms with Crippen LogP contribution in [0.15, 0.2) is 0 Å². The van der Waals surface area contributed by atoms with Gasteiger partial charge in [-0.25, -0.2) is 4.39 Å². The molecule has 0 amide bonds. The average Bonchev–Trinajstić information content (AvgIpc) is 2.22. The van der Waals surface area contributed by atoms with Crippen molar-refractivity contribution in [2.75, 3.05) is 7.05 Å². The molecule has 2 aliphatic rings. The van der Waals surface area contributed by atoms with Gasteiger partial charge >= 0.3 is 7.05 Å². The molecule has 4 atom stereocenters. The lowest BCUT2D eigenvalue weighted by molar-refractivity contribution is 0.0133. The van der Waals surface area contributed by atoms with Crippen molar-refractivity contribution >= 4 is 7.05 Å². The summed E-state index contributed by atoms with van der Waals surface area (Å²) in [5, 5.41) is 12.8. The number of fused-ring (bicyclic) bond motifs is 2. The number of hydrogen-bond donors (Lipinski definition) is 2. The fraction of sp³-hybridized carbons (Fsp3) is 1.00. The van der Waals surface area contributed by atoms with Crippen LogP contribution in [0.4, 0.5) is 4.39 Å². The minimum atomic E-state index is -0.846. The molecule has 3 nitrogen and oxygen atoms in total. The molecule has 0 spiro atoms. The highest BCUT2D eigenvalue weighted by Gasteiger charge is 2.46. The predicted molar refractivity (Wildman–Crippen MR) is 59.5 cm³/mol. The molecule has 0 aromatic heterocycles. The highest BCUT2D eigenvalue weighted by molar-refractivity contribution is 6.45. The summed E-state index contributed by atoms with van der Waals surface area (Å²) in [7, 11) is 1.31. The normalized spacial score (nSPS) is 41.6. The quantitative estimate of drug-likeness (QED) is 0.662. The Morgan fingerprint density at radius 3 is 2.80 bits per heavy atom. The summed E-state index contributed by atoms with van der Waals surface area (Å²) in [6, 6.07) is 0.235. The highest BCUT2D eigenvalue weighted by atomic mass is 19.1. The molecule has 0 radical (unpaired) electrons. The summed E-state index contributed by atoms with van der Waals surface area (Å²) >= 11 is 0. The van der Waals surface area contributed by atoms with Gasteiger partial charge in [0.15, 0.2) is 0 Å². The number of rotatable bonds is 2. The highest BCUT2D eigenvalue weighted by Crippen LogP contribution is 2.35. The van der Waals surface area contributed by atoms with E-state index in [1.165, 1.54) is 0 Å². The first kappa shape index (κ1) is 11.4. The van der Waals surface area contributed by atoms with Crippen molar-refractivity contribution in [3.63, 3.8) is 0 Å². The van der Waals surface area contributed by atoms with E-state index in [2.05, 4.69) is 5.32 Å². The Labute approximate surface area is 91.2 Å². The lowest BCUT2D eigenvalue weighted by Crippen LogP contribution is -2.65. The molecule has 86 valence electrons. The standard InChI is InChI=1S/C10H20BFN2O/c1-11(15)14-7-4-3-5-9(14)10(12)8(6-7)13-2/h7-10,13,15H,3-6H2,1-2H3/t7-,8-,9?,10-/m0/s1. The van der Waals surface area contributed by atoms with Gasteiger partial charge in [0, 0.05) is 18.1 Å². The molecule has 0 aromatic rings. The van der Waals surface area contributed by atoms with E-state index in [1.807, 2.05) is 11.9 Å². The monoisotopic (exact) mass is 214 g/mol. The van der Waals surface area contributed by atoms with Crippen LogP contribution in [0.3, 0.4) is 0 Å². The summed E-state index contributed by atoms with van der Waals surface area (Å²) < 4.78 is 14.1. The Bertz CT molecular complexity index is 229. The number of hydrogen-bond acceptors (Lipinski definition) is 3. The third-order valence-electron chi connectivity index (χ3n) is 3.92. The number of alkyl halides is 1. The van der Waals surface area contributed by atoms with Gasteiger partial charge in [-0.3, -0.25) is 0 Å². The van der Waals surface area contributed by atoms with Crippen molar-refractivity contribution < 1.29 is 9.41 Å². The van der Waals surface area contributed by atoms with E-state index in [9.17, 15) is 9.41 Å². The van der Waals surface area contributed by atoms with Crippen LogP contribution in [0, 0.1) is 0 Å². The maximum absolute atomic E-state index is 14.1. The number of halogens is 1. The molecular weight excluding hydrogens is 194 g/mol. The second kappa shape index (κ2) is 4.40. The molecule has 2 aliphatic heterocycles. The molecule has 0 aromatic carbocycles. The van der Waals surface area contributed by atoms with Crippen LogP contribution in [0.2, 0.25) is 6.82 Å². The van der Waals surface area contributed by atoms with Crippen molar-refractivity contribution in [3.8, 4) is 0 Å². The third-order valence-corrected chi connectivity index (χ3v) is 3.92. The Kier molecular flexibility index (Phi) is 3.33. The zero-order valence-electron chi connectivity index (χ0n) is 9.49. The third kappa shape index (κ3) is 1.93. The first-order valence-electron chi connectivity index (χ1n) is 5.92. The average molecular weight is 214 g/mol. The van der Waals surface area contributed by atoms with Crippen LogP contribution in [0.25, 0.3) is 0 Å². The topological polar surface area (TPSA) is 35.5 Å². The van der Waals surface area contributed by atoms with Crippen molar-refractivity contribution in [2.45, 2.75) is 56.8 Å². The van der Waals surface area contributed by atoms with Gasteiger partial charge in [-0.15, -0.1) is 0 Å². The van der Waals surface area contributed by atoms with Gasteiger partial charge in [0.1, 0.15) is 6.17 Å². The summed E-state index contributed by atoms with van der Waals surface area (Å²) in [6.45, 7) is 1.75. The van der Waals surface area contributed by atoms with Crippen molar-refractivity contribution in [3.05, 3.63) is 0 Å². The van der Waals surface area contributed by atoms with E-state index >= 15 is 0 Å². The molecule has 2 saturated heterocycles. The second-order valence-electron chi connectivity index (χ2n) is 4.81. The molecule has 2 bridgehead atoms. The summed E-state index contributed by atoms with van der Waals surface area (Å²) in [4.78, 5) is 1.97. The predicted octanol–water partition coefficient (Wildman–Crippen LogP) is 0.650.